The third-order valence-electron chi connectivity index (χ3n) is 7.06. The molecule has 4 rings (SSSR count). The highest BCUT2D eigenvalue weighted by atomic mass is 28.3. The molecule has 2 aromatic rings. The Morgan fingerprint density at radius 2 is 1.89 bits per heavy atom. The van der Waals surface area contributed by atoms with Crippen LogP contribution in [0.4, 0.5) is 5.69 Å². The fraction of sp³-hybridized carbons (Fsp3) is 0.321. The van der Waals surface area contributed by atoms with Crippen LogP contribution in [0.5, 0.6) is 0 Å². The first-order valence-electron chi connectivity index (χ1n) is 12.0. The number of benzene rings is 1. The van der Waals surface area contributed by atoms with Crippen molar-refractivity contribution in [1.82, 2.24) is 0 Å². The van der Waals surface area contributed by atoms with Gasteiger partial charge in [0, 0.05) is 55.1 Å². The maximum absolute atomic E-state index is 12.4. The van der Waals surface area contributed by atoms with Crippen molar-refractivity contribution in [2.45, 2.75) is 32.4 Å². The molecule has 1 N–H and O–H groups in total. The van der Waals surface area contributed by atoms with E-state index >= 15 is 0 Å². The summed E-state index contributed by atoms with van der Waals surface area (Å²) in [6.07, 6.45) is 8.30. The molecule has 1 aliphatic heterocycles. The van der Waals surface area contributed by atoms with Crippen molar-refractivity contribution in [3.63, 3.8) is 0 Å². The zero-order chi connectivity index (χ0) is 26.4. The summed E-state index contributed by atoms with van der Waals surface area (Å²) in [6, 6.07) is 6.31. The number of hydrogen-bond donors (Lipinski definition) is 1. The molecule has 0 saturated carbocycles. The molecule has 2 heterocycles. The van der Waals surface area contributed by atoms with Crippen LogP contribution in [0, 0.1) is 0 Å². The SMILES string of the molecule is CN(C)c1ccc2c(c1)[Si](C)(C)C1=CC(=[N+](C)C)C=CC1=C2c1occ(CCCC(=O)O)c1C(=O)[O-]. The van der Waals surface area contributed by atoms with Crippen LogP contribution in [0.2, 0.25) is 13.1 Å². The second-order valence-corrected chi connectivity index (χ2v) is 14.6. The number of aryl methyl sites for hydroxylation is 1. The minimum atomic E-state index is -2.18. The first-order valence-corrected chi connectivity index (χ1v) is 15.0. The van der Waals surface area contributed by atoms with E-state index in [0.717, 1.165) is 28.1 Å². The fourth-order valence-corrected chi connectivity index (χ4v) is 8.11. The number of anilines is 1. The van der Waals surface area contributed by atoms with Gasteiger partial charge in [0.2, 0.25) is 0 Å². The van der Waals surface area contributed by atoms with E-state index < -0.39 is 20.0 Å². The van der Waals surface area contributed by atoms with Gasteiger partial charge in [0.05, 0.1) is 12.2 Å². The van der Waals surface area contributed by atoms with E-state index in [1.54, 1.807) is 0 Å². The van der Waals surface area contributed by atoms with E-state index in [9.17, 15) is 14.7 Å². The predicted octanol–water partition coefficient (Wildman–Crippen LogP) is 2.60. The minimum absolute atomic E-state index is 0.00188. The molecule has 0 unspecified atom stereocenters. The minimum Gasteiger partial charge on any atom is -0.545 e. The van der Waals surface area contributed by atoms with E-state index in [1.165, 1.54) is 16.6 Å². The maximum atomic E-state index is 12.4. The summed E-state index contributed by atoms with van der Waals surface area (Å²) in [5.41, 5.74) is 5.30. The number of carboxylic acid groups (broad SMARTS) is 2. The second-order valence-electron chi connectivity index (χ2n) is 10.2. The number of hydrogen-bond acceptors (Lipinski definition) is 5. The second kappa shape index (κ2) is 9.42. The van der Waals surface area contributed by atoms with Crippen molar-refractivity contribution in [3.8, 4) is 0 Å². The van der Waals surface area contributed by atoms with Gasteiger partial charge in [0.15, 0.2) is 5.71 Å². The zero-order valence-electron chi connectivity index (χ0n) is 21.6. The van der Waals surface area contributed by atoms with Crippen LogP contribution in [-0.4, -0.2) is 63.6 Å². The Morgan fingerprint density at radius 3 is 2.50 bits per heavy atom. The number of carbonyl (C=O) groups excluding carboxylic acids is 1. The summed E-state index contributed by atoms with van der Waals surface area (Å²) in [4.78, 5) is 25.4. The zero-order valence-corrected chi connectivity index (χ0v) is 22.6. The molecule has 1 aromatic carbocycles. The van der Waals surface area contributed by atoms with Gasteiger partial charge in [0.1, 0.15) is 27.9 Å². The van der Waals surface area contributed by atoms with E-state index in [4.69, 9.17) is 9.52 Å². The van der Waals surface area contributed by atoms with Crippen molar-refractivity contribution in [3.05, 3.63) is 75.9 Å². The number of carbonyl (C=O) groups is 2. The maximum Gasteiger partial charge on any atom is 0.303 e. The lowest BCUT2D eigenvalue weighted by Crippen LogP contribution is -2.49. The van der Waals surface area contributed by atoms with E-state index in [1.807, 2.05) is 40.3 Å². The van der Waals surface area contributed by atoms with Crippen LogP contribution >= 0.6 is 0 Å². The Hall–Kier alpha value is -3.65. The van der Waals surface area contributed by atoms with Gasteiger partial charge in [-0.15, -0.1) is 0 Å². The van der Waals surface area contributed by atoms with Gasteiger partial charge < -0.3 is 24.3 Å². The molecule has 188 valence electrons. The van der Waals surface area contributed by atoms with Gasteiger partial charge in [-0.2, -0.15) is 0 Å². The Morgan fingerprint density at radius 1 is 1.17 bits per heavy atom. The fourth-order valence-electron chi connectivity index (χ4n) is 5.04. The van der Waals surface area contributed by atoms with Crippen molar-refractivity contribution >= 4 is 42.2 Å². The molecule has 0 fully saturated rings. The summed E-state index contributed by atoms with van der Waals surface area (Å²) in [6.45, 7) is 4.64. The highest BCUT2D eigenvalue weighted by molar-refractivity contribution is 6.98. The van der Waals surface area contributed by atoms with Gasteiger partial charge in [-0.25, -0.2) is 4.58 Å². The molecule has 1 aliphatic carbocycles. The van der Waals surface area contributed by atoms with Crippen LogP contribution < -0.4 is 15.2 Å². The average Bonchev–Trinajstić information content (AvgIpc) is 3.22. The molecule has 0 radical (unpaired) electrons. The van der Waals surface area contributed by atoms with Gasteiger partial charge in [-0.3, -0.25) is 4.79 Å². The number of allylic oxidation sites excluding steroid dienone is 5. The van der Waals surface area contributed by atoms with Crippen molar-refractivity contribution < 1.29 is 28.8 Å². The Bertz CT molecular complexity index is 1380. The van der Waals surface area contributed by atoms with E-state index in [-0.39, 0.29) is 24.2 Å². The first-order chi connectivity index (χ1) is 16.9. The van der Waals surface area contributed by atoms with Gasteiger partial charge in [-0.1, -0.05) is 19.2 Å². The lowest BCUT2D eigenvalue weighted by Gasteiger charge is -2.37. The quantitative estimate of drug-likeness (QED) is 0.460. The molecular weight excluding hydrogens is 472 g/mol. The standard InChI is InChI=1S/C28H32N2O5Si/c1-29(2)18-10-12-20-22(14-18)36(5,6)23-15-19(30(3)4)11-13-21(23)26(20)27-25(28(33)34)17(16-35-27)8-7-9-24(31)32/h10-16H,7-9H2,1-6H3,(H-,31,32,33,34). The average molecular weight is 505 g/mol. The summed E-state index contributed by atoms with van der Waals surface area (Å²) >= 11 is 0. The molecular formula is C28H32N2O5Si. The Balaban J connectivity index is 2.01. The highest BCUT2D eigenvalue weighted by Crippen LogP contribution is 2.43. The Labute approximate surface area is 212 Å². The summed E-state index contributed by atoms with van der Waals surface area (Å²) < 4.78 is 8.05. The van der Waals surface area contributed by atoms with Crippen molar-refractivity contribution in [1.29, 1.82) is 0 Å². The summed E-state index contributed by atoms with van der Waals surface area (Å²) in [5.74, 6) is -1.97. The van der Waals surface area contributed by atoms with Crippen molar-refractivity contribution in [2.24, 2.45) is 0 Å². The van der Waals surface area contributed by atoms with E-state index in [2.05, 4.69) is 46.9 Å². The predicted molar refractivity (Wildman–Crippen MR) is 142 cm³/mol. The van der Waals surface area contributed by atoms with Crippen molar-refractivity contribution in [2.75, 3.05) is 33.1 Å². The molecule has 7 nitrogen and oxygen atoms in total. The van der Waals surface area contributed by atoms with E-state index in [0.29, 0.717) is 12.0 Å². The highest BCUT2D eigenvalue weighted by Gasteiger charge is 2.41. The third kappa shape index (κ3) is 4.37. The molecule has 0 spiro atoms. The Kier molecular flexibility index (Phi) is 6.66. The number of aliphatic carboxylic acids is 1. The molecule has 0 atom stereocenters. The van der Waals surface area contributed by atoms with Gasteiger partial charge >= 0.3 is 5.97 Å². The first kappa shape index (κ1) is 25.4. The monoisotopic (exact) mass is 504 g/mol. The molecule has 0 saturated heterocycles. The van der Waals surface area contributed by atoms with Gasteiger partial charge in [-0.05, 0) is 52.6 Å². The largest absolute Gasteiger partial charge is 0.545 e. The number of aromatic carboxylic acids is 1. The normalized spacial score (nSPS) is 15.8. The molecule has 2 aliphatic rings. The van der Waals surface area contributed by atoms with Crippen LogP contribution in [-0.2, 0) is 11.2 Å². The molecule has 0 amide bonds. The summed E-state index contributed by atoms with van der Waals surface area (Å²) in [7, 11) is 5.85. The lowest BCUT2D eigenvalue weighted by atomic mass is 9.90. The number of nitrogens with zero attached hydrogens (tertiary/aromatic N) is 2. The van der Waals surface area contributed by atoms with Crippen LogP contribution in [0.1, 0.15) is 40.1 Å². The van der Waals surface area contributed by atoms with Crippen LogP contribution in [0.15, 0.2) is 57.9 Å². The van der Waals surface area contributed by atoms with Crippen LogP contribution in [0.25, 0.3) is 5.57 Å². The molecule has 8 heteroatoms. The number of rotatable bonds is 7. The summed E-state index contributed by atoms with van der Waals surface area (Å²) in [5, 5.41) is 23.8. The number of fused-ring (bicyclic) bond motifs is 2. The van der Waals surface area contributed by atoms with Gasteiger partial charge in [0.25, 0.3) is 0 Å². The number of furan rings is 1. The molecule has 1 aromatic heterocycles. The topological polar surface area (TPSA) is 96.8 Å². The smallest absolute Gasteiger partial charge is 0.303 e. The number of carboxylic acids is 2. The molecule has 0 bridgehead atoms. The molecule has 36 heavy (non-hydrogen) atoms. The lowest BCUT2D eigenvalue weighted by molar-refractivity contribution is -0.462. The van der Waals surface area contributed by atoms with Crippen LogP contribution in [0.3, 0.4) is 0 Å². The third-order valence-corrected chi connectivity index (χ3v) is 10.6.